The van der Waals surface area contributed by atoms with Crippen molar-refractivity contribution in [3.63, 3.8) is 0 Å². The van der Waals surface area contributed by atoms with Crippen LogP contribution in [0, 0.1) is 11.8 Å². The van der Waals surface area contributed by atoms with Crippen LogP contribution in [0.1, 0.15) is 62.5 Å². The van der Waals surface area contributed by atoms with Crippen LogP contribution in [0.5, 0.6) is 5.88 Å². The zero-order valence-corrected chi connectivity index (χ0v) is 20.1. The fourth-order valence-corrected chi connectivity index (χ4v) is 5.71. The quantitative estimate of drug-likeness (QED) is 0.486. The van der Waals surface area contributed by atoms with Crippen LogP contribution in [0.4, 0.5) is 5.69 Å². The van der Waals surface area contributed by atoms with Gasteiger partial charge in [-0.3, -0.25) is 4.90 Å². The normalized spacial score (nSPS) is 18.6. The van der Waals surface area contributed by atoms with Crippen LogP contribution in [-0.4, -0.2) is 43.7 Å². The summed E-state index contributed by atoms with van der Waals surface area (Å²) in [6, 6.07) is 13.3. The first-order chi connectivity index (χ1) is 15.7. The third kappa shape index (κ3) is 6.25. The molecule has 1 saturated carbocycles. The van der Waals surface area contributed by atoms with E-state index in [0.717, 1.165) is 24.3 Å². The van der Waals surface area contributed by atoms with E-state index in [1.54, 1.807) is 13.3 Å². The maximum absolute atomic E-state index is 5.43. The number of rotatable bonds is 9. The standard InChI is InChI=1S/C28H41N3O/c1-30(21-24-9-4-3-5-10-24)27-13-7-6-11-25(27)15-14-23-16-19-31(20-17-23)22-26-12-8-18-29-28(26)32-2/h6-8,11-13,18,23-24H,3-5,9-10,14-17,19-22H2,1-2H3. The minimum atomic E-state index is 0.767. The third-order valence-electron chi connectivity index (χ3n) is 7.63. The predicted octanol–water partition coefficient (Wildman–Crippen LogP) is 5.95. The molecule has 4 nitrogen and oxygen atoms in total. The Labute approximate surface area is 195 Å². The lowest BCUT2D eigenvalue weighted by atomic mass is 9.88. The van der Waals surface area contributed by atoms with E-state index in [-0.39, 0.29) is 0 Å². The molecule has 0 amide bonds. The molecular weight excluding hydrogens is 394 g/mol. The van der Waals surface area contributed by atoms with E-state index in [1.807, 2.05) is 6.07 Å². The maximum atomic E-state index is 5.43. The molecule has 32 heavy (non-hydrogen) atoms. The SMILES string of the molecule is COc1ncccc1CN1CCC(CCc2ccccc2N(C)CC2CCCCC2)CC1. The van der Waals surface area contributed by atoms with Crippen molar-refractivity contribution in [3.8, 4) is 5.88 Å². The Morgan fingerprint density at radius 3 is 2.47 bits per heavy atom. The third-order valence-corrected chi connectivity index (χ3v) is 7.63. The lowest BCUT2D eigenvalue weighted by Crippen LogP contribution is -2.33. The van der Waals surface area contributed by atoms with E-state index in [4.69, 9.17) is 4.74 Å². The van der Waals surface area contributed by atoms with Gasteiger partial charge in [-0.2, -0.15) is 0 Å². The summed E-state index contributed by atoms with van der Waals surface area (Å²) in [5.74, 6) is 2.48. The van der Waals surface area contributed by atoms with Crippen molar-refractivity contribution in [2.75, 3.05) is 38.7 Å². The molecule has 0 bridgehead atoms. The lowest BCUT2D eigenvalue weighted by molar-refractivity contribution is 0.170. The minimum Gasteiger partial charge on any atom is -0.481 e. The number of hydrogen-bond donors (Lipinski definition) is 0. The summed E-state index contributed by atoms with van der Waals surface area (Å²) >= 11 is 0. The first-order valence-corrected chi connectivity index (χ1v) is 12.7. The molecule has 4 heteroatoms. The zero-order valence-electron chi connectivity index (χ0n) is 20.1. The molecule has 1 aromatic heterocycles. The van der Waals surface area contributed by atoms with E-state index in [9.17, 15) is 0 Å². The maximum Gasteiger partial charge on any atom is 0.217 e. The number of aryl methyl sites for hydroxylation is 1. The fraction of sp³-hybridized carbons (Fsp3) is 0.607. The highest BCUT2D eigenvalue weighted by atomic mass is 16.5. The van der Waals surface area contributed by atoms with Gasteiger partial charge in [-0.05, 0) is 81.1 Å². The van der Waals surface area contributed by atoms with Crippen LogP contribution in [0.25, 0.3) is 0 Å². The molecule has 1 aliphatic carbocycles. The summed E-state index contributed by atoms with van der Waals surface area (Å²) in [7, 11) is 4.02. The summed E-state index contributed by atoms with van der Waals surface area (Å²) in [5.41, 5.74) is 4.19. The van der Waals surface area contributed by atoms with Crippen LogP contribution in [0.3, 0.4) is 0 Å². The molecule has 174 valence electrons. The minimum absolute atomic E-state index is 0.767. The fourth-order valence-electron chi connectivity index (χ4n) is 5.71. The molecule has 2 aromatic rings. The van der Waals surface area contributed by atoms with Gasteiger partial charge in [0.05, 0.1) is 7.11 Å². The Balaban J connectivity index is 1.26. The molecule has 0 atom stereocenters. The smallest absolute Gasteiger partial charge is 0.217 e. The molecule has 1 aromatic carbocycles. The van der Waals surface area contributed by atoms with Crippen molar-refractivity contribution >= 4 is 5.69 Å². The van der Waals surface area contributed by atoms with Crippen LogP contribution >= 0.6 is 0 Å². The monoisotopic (exact) mass is 435 g/mol. The number of ether oxygens (including phenoxy) is 1. The summed E-state index contributed by atoms with van der Waals surface area (Å²) in [6.45, 7) is 4.50. The van der Waals surface area contributed by atoms with Crippen LogP contribution in [0.2, 0.25) is 0 Å². The van der Waals surface area contributed by atoms with Gasteiger partial charge < -0.3 is 9.64 Å². The van der Waals surface area contributed by atoms with Crippen molar-refractivity contribution in [1.82, 2.24) is 9.88 Å². The molecule has 2 heterocycles. The second-order valence-corrected chi connectivity index (χ2v) is 9.94. The Morgan fingerprint density at radius 1 is 0.938 bits per heavy atom. The average molecular weight is 436 g/mol. The van der Waals surface area contributed by atoms with Gasteiger partial charge in [0.2, 0.25) is 5.88 Å². The van der Waals surface area contributed by atoms with Crippen LogP contribution in [0.15, 0.2) is 42.6 Å². The highest BCUT2D eigenvalue weighted by Gasteiger charge is 2.21. The molecule has 2 fully saturated rings. The summed E-state index contributed by atoms with van der Waals surface area (Å²) in [5, 5.41) is 0. The molecular formula is C28H41N3O. The number of methoxy groups -OCH3 is 1. The number of hydrogen-bond acceptors (Lipinski definition) is 4. The second-order valence-electron chi connectivity index (χ2n) is 9.94. The number of likely N-dealkylation sites (tertiary alicyclic amines) is 1. The van der Waals surface area contributed by atoms with Crippen LogP contribution < -0.4 is 9.64 Å². The van der Waals surface area contributed by atoms with E-state index < -0.39 is 0 Å². The van der Waals surface area contributed by atoms with E-state index in [2.05, 4.69) is 52.2 Å². The topological polar surface area (TPSA) is 28.6 Å². The van der Waals surface area contributed by atoms with Gasteiger partial charge in [0.25, 0.3) is 0 Å². The molecule has 0 spiro atoms. The van der Waals surface area contributed by atoms with Gasteiger partial charge in [0.1, 0.15) is 0 Å². The molecule has 1 saturated heterocycles. The predicted molar refractivity (Wildman–Crippen MR) is 133 cm³/mol. The van der Waals surface area contributed by atoms with Gasteiger partial charge in [-0.25, -0.2) is 4.98 Å². The van der Waals surface area contributed by atoms with E-state index >= 15 is 0 Å². The molecule has 0 N–H and O–H groups in total. The van der Waals surface area contributed by atoms with Crippen molar-refractivity contribution in [1.29, 1.82) is 0 Å². The highest BCUT2D eigenvalue weighted by Crippen LogP contribution is 2.30. The molecule has 0 radical (unpaired) electrons. The van der Waals surface area contributed by atoms with E-state index in [0.29, 0.717) is 0 Å². The van der Waals surface area contributed by atoms with E-state index in [1.165, 1.54) is 94.2 Å². The Morgan fingerprint density at radius 2 is 1.69 bits per heavy atom. The van der Waals surface area contributed by atoms with Crippen LogP contribution in [-0.2, 0) is 13.0 Å². The average Bonchev–Trinajstić information content (AvgIpc) is 2.85. The van der Waals surface area contributed by atoms with Crippen molar-refractivity contribution in [3.05, 3.63) is 53.7 Å². The molecule has 2 aliphatic rings. The first kappa shape index (κ1) is 23.1. The number of pyridine rings is 1. The number of anilines is 1. The van der Waals surface area contributed by atoms with Gasteiger partial charge in [0.15, 0.2) is 0 Å². The number of aromatic nitrogens is 1. The summed E-state index contributed by atoms with van der Waals surface area (Å²) in [4.78, 5) is 9.44. The highest BCUT2D eigenvalue weighted by molar-refractivity contribution is 5.53. The van der Waals surface area contributed by atoms with Gasteiger partial charge in [0, 0.05) is 37.6 Å². The number of piperidine rings is 1. The van der Waals surface area contributed by atoms with Gasteiger partial charge in [-0.1, -0.05) is 43.5 Å². The first-order valence-electron chi connectivity index (χ1n) is 12.7. The molecule has 0 unspecified atom stereocenters. The molecule has 1 aliphatic heterocycles. The van der Waals surface area contributed by atoms with Gasteiger partial charge >= 0.3 is 0 Å². The molecule has 4 rings (SSSR count). The lowest BCUT2D eigenvalue weighted by Gasteiger charge is -2.33. The van der Waals surface area contributed by atoms with Crippen molar-refractivity contribution in [2.24, 2.45) is 11.8 Å². The largest absolute Gasteiger partial charge is 0.481 e. The Kier molecular flexibility index (Phi) is 8.44. The summed E-state index contributed by atoms with van der Waals surface area (Å²) < 4.78 is 5.43. The number of nitrogens with zero attached hydrogens (tertiary/aromatic N) is 3. The second kappa shape index (κ2) is 11.7. The summed E-state index contributed by atoms with van der Waals surface area (Å²) in [6.07, 6.45) is 14.0. The van der Waals surface area contributed by atoms with Crippen molar-refractivity contribution in [2.45, 2.75) is 64.3 Å². The Bertz CT molecular complexity index is 825. The van der Waals surface area contributed by atoms with Crippen molar-refractivity contribution < 1.29 is 4.74 Å². The number of para-hydroxylation sites is 1. The Hall–Kier alpha value is -2.07. The number of benzene rings is 1. The zero-order chi connectivity index (χ0) is 22.2. The van der Waals surface area contributed by atoms with Gasteiger partial charge in [-0.15, -0.1) is 0 Å².